The predicted octanol–water partition coefficient (Wildman–Crippen LogP) is 5.61. The second-order valence-corrected chi connectivity index (χ2v) is 11.7. The van der Waals surface area contributed by atoms with E-state index in [9.17, 15) is 4.79 Å². The van der Waals surface area contributed by atoms with Crippen molar-refractivity contribution in [3.05, 3.63) is 35.8 Å². The highest BCUT2D eigenvalue weighted by Crippen LogP contribution is 2.45. The number of carbonyl (C=O) groups excluding carboxylic acids is 1. The quantitative estimate of drug-likeness (QED) is 0.516. The summed E-state index contributed by atoms with van der Waals surface area (Å²) in [5.41, 5.74) is 4.52. The van der Waals surface area contributed by atoms with Crippen molar-refractivity contribution in [2.45, 2.75) is 85.2 Å². The number of nitrogens with zero attached hydrogens (tertiary/aromatic N) is 3. The van der Waals surface area contributed by atoms with Crippen molar-refractivity contribution in [3.8, 4) is 17.0 Å². The van der Waals surface area contributed by atoms with Crippen molar-refractivity contribution in [3.63, 3.8) is 0 Å². The number of cyclic esters (lactones) is 1. The Labute approximate surface area is 208 Å². The van der Waals surface area contributed by atoms with E-state index in [1.807, 2.05) is 25.3 Å². The van der Waals surface area contributed by atoms with E-state index in [2.05, 4.69) is 30.7 Å². The second-order valence-electron chi connectivity index (χ2n) is 11.7. The fraction of sp³-hybridized carbons (Fsp3) is 0.607. The molecule has 7 heteroatoms. The summed E-state index contributed by atoms with van der Waals surface area (Å²) < 4.78 is 17.7. The van der Waals surface area contributed by atoms with Crippen LogP contribution in [0.1, 0.15) is 77.7 Å². The van der Waals surface area contributed by atoms with E-state index in [0.29, 0.717) is 5.41 Å². The summed E-state index contributed by atoms with van der Waals surface area (Å²) in [4.78, 5) is 24.7. The van der Waals surface area contributed by atoms with Gasteiger partial charge in [0.25, 0.3) is 0 Å². The highest BCUT2D eigenvalue weighted by molar-refractivity contribution is 5.87. The van der Waals surface area contributed by atoms with Crippen LogP contribution in [0.4, 0.5) is 5.69 Å². The van der Waals surface area contributed by atoms with Crippen molar-refractivity contribution in [2.75, 3.05) is 18.0 Å². The molecule has 2 saturated heterocycles. The lowest BCUT2D eigenvalue weighted by molar-refractivity contribution is -0.160. The lowest BCUT2D eigenvalue weighted by Crippen LogP contribution is -2.38. The van der Waals surface area contributed by atoms with Gasteiger partial charge in [0, 0.05) is 50.0 Å². The number of piperidine rings is 1. The fourth-order valence-corrected chi connectivity index (χ4v) is 5.34. The third-order valence-electron chi connectivity index (χ3n) is 7.59. The average molecular weight is 480 g/mol. The van der Waals surface area contributed by atoms with Crippen LogP contribution in [0.5, 0.6) is 5.75 Å². The van der Waals surface area contributed by atoms with Gasteiger partial charge in [0.05, 0.1) is 23.7 Å². The summed E-state index contributed by atoms with van der Waals surface area (Å²) in [7, 11) is 0. The molecule has 35 heavy (non-hydrogen) atoms. The average Bonchev–Trinajstić information content (AvgIpc) is 3.05. The summed E-state index contributed by atoms with van der Waals surface area (Å²) >= 11 is 0. The van der Waals surface area contributed by atoms with E-state index in [1.165, 1.54) is 0 Å². The van der Waals surface area contributed by atoms with E-state index in [1.54, 1.807) is 20.0 Å². The van der Waals surface area contributed by atoms with Crippen molar-refractivity contribution in [2.24, 2.45) is 11.3 Å². The summed E-state index contributed by atoms with van der Waals surface area (Å²) in [5, 5.41) is 0. The molecule has 0 aromatic carbocycles. The van der Waals surface area contributed by atoms with E-state index >= 15 is 0 Å². The van der Waals surface area contributed by atoms with Gasteiger partial charge in [-0.25, -0.2) is 4.79 Å². The zero-order valence-corrected chi connectivity index (χ0v) is 21.8. The number of hydrogen-bond donors (Lipinski definition) is 0. The van der Waals surface area contributed by atoms with Crippen LogP contribution in [0, 0.1) is 18.3 Å². The third-order valence-corrected chi connectivity index (χ3v) is 7.59. The monoisotopic (exact) mass is 479 g/mol. The molecule has 3 fully saturated rings. The Balaban J connectivity index is 1.54. The lowest BCUT2D eigenvalue weighted by atomic mass is 9.82. The molecule has 2 aromatic rings. The minimum atomic E-state index is -0.971. The number of hydrogen-bond acceptors (Lipinski definition) is 7. The van der Waals surface area contributed by atoms with Crippen molar-refractivity contribution in [1.29, 1.82) is 0 Å². The number of aromatic nitrogens is 2. The summed E-state index contributed by atoms with van der Waals surface area (Å²) in [5.74, 6) is 0.177. The van der Waals surface area contributed by atoms with Crippen LogP contribution >= 0.6 is 0 Å². The molecule has 4 heterocycles. The summed E-state index contributed by atoms with van der Waals surface area (Å²) in [6, 6.07) is 3.97. The minimum absolute atomic E-state index is 0.284. The second kappa shape index (κ2) is 8.77. The van der Waals surface area contributed by atoms with E-state index < -0.39 is 11.9 Å². The smallest absolute Gasteiger partial charge is 0.342 e. The van der Waals surface area contributed by atoms with Crippen molar-refractivity contribution >= 4 is 11.7 Å². The maximum absolute atomic E-state index is 12.9. The molecule has 5 rings (SSSR count). The molecule has 0 radical (unpaired) electrons. The molecule has 0 bridgehead atoms. The van der Waals surface area contributed by atoms with Gasteiger partial charge in [-0.05, 0) is 56.1 Å². The van der Waals surface area contributed by atoms with E-state index in [-0.39, 0.29) is 12.1 Å². The standard InChI is InChI=1S/C28H37N3O4/c1-17-13-20(14-17)33-19-7-8-22(30-15-19)21-16-29-18(2)23(25-26(32)35-28(5,6)34-25)24(21)31-11-9-27(3,4)10-12-31/h7-8,15-17,20,25H,9-14H2,1-6H3/t17?,20?,25-/m0/s1. The normalized spacial score (nSPS) is 27.3. The van der Waals surface area contributed by atoms with Gasteiger partial charge in [-0.1, -0.05) is 20.8 Å². The molecular formula is C28H37N3O4. The number of carbonyl (C=O) groups is 1. The molecule has 1 saturated carbocycles. The first-order valence-corrected chi connectivity index (χ1v) is 12.8. The van der Waals surface area contributed by atoms with Crippen molar-refractivity contribution < 1.29 is 19.0 Å². The van der Waals surface area contributed by atoms with Crippen LogP contribution in [0.2, 0.25) is 0 Å². The first kappa shape index (κ1) is 24.0. The topological polar surface area (TPSA) is 73.8 Å². The molecule has 0 N–H and O–H groups in total. The van der Waals surface area contributed by atoms with Gasteiger partial charge >= 0.3 is 5.97 Å². The van der Waals surface area contributed by atoms with Gasteiger partial charge in [-0.3, -0.25) is 9.97 Å². The maximum Gasteiger partial charge on any atom is 0.342 e. The fourth-order valence-electron chi connectivity index (χ4n) is 5.34. The molecule has 7 nitrogen and oxygen atoms in total. The summed E-state index contributed by atoms with van der Waals surface area (Å²) in [6.45, 7) is 14.1. The zero-order valence-electron chi connectivity index (χ0n) is 21.8. The highest BCUT2D eigenvalue weighted by Gasteiger charge is 2.45. The van der Waals surface area contributed by atoms with Crippen LogP contribution in [0.15, 0.2) is 24.5 Å². The minimum Gasteiger partial charge on any atom is -0.489 e. The Morgan fingerprint density at radius 2 is 1.77 bits per heavy atom. The Morgan fingerprint density at radius 1 is 1.06 bits per heavy atom. The molecule has 2 aliphatic heterocycles. The largest absolute Gasteiger partial charge is 0.489 e. The molecule has 1 aliphatic carbocycles. The molecule has 2 aromatic heterocycles. The first-order chi connectivity index (χ1) is 16.5. The Bertz CT molecular complexity index is 1100. The number of esters is 1. The molecule has 3 aliphatic rings. The molecular weight excluding hydrogens is 442 g/mol. The molecule has 0 spiro atoms. The zero-order chi connectivity index (χ0) is 25.0. The molecule has 1 atom stereocenters. The SMILES string of the molecule is Cc1ncc(-c2ccc(OC3CC(C)C3)cn2)c(N2CCC(C)(C)CC2)c1[C@@H]1OC(C)(C)OC1=O. The third kappa shape index (κ3) is 4.88. The summed E-state index contributed by atoms with van der Waals surface area (Å²) in [6.07, 6.45) is 7.45. The molecule has 188 valence electrons. The van der Waals surface area contributed by atoms with Gasteiger partial charge in [-0.2, -0.15) is 0 Å². The molecule has 0 unspecified atom stereocenters. The number of anilines is 1. The molecule has 0 amide bonds. The number of rotatable bonds is 5. The number of ether oxygens (including phenoxy) is 3. The maximum atomic E-state index is 12.9. The van der Waals surface area contributed by atoms with E-state index in [4.69, 9.17) is 19.2 Å². The van der Waals surface area contributed by atoms with Crippen LogP contribution in [-0.2, 0) is 14.3 Å². The highest BCUT2D eigenvalue weighted by atomic mass is 16.8. The predicted molar refractivity (Wildman–Crippen MR) is 134 cm³/mol. The van der Waals surface area contributed by atoms with Crippen LogP contribution in [-0.4, -0.2) is 40.9 Å². The van der Waals surface area contributed by atoms with Gasteiger partial charge in [-0.15, -0.1) is 0 Å². The van der Waals surface area contributed by atoms with Crippen LogP contribution < -0.4 is 9.64 Å². The Hall–Kier alpha value is -2.67. The Kier molecular flexibility index (Phi) is 6.02. The van der Waals surface area contributed by atoms with E-state index in [0.717, 1.165) is 78.6 Å². The lowest BCUT2D eigenvalue weighted by Gasteiger charge is -2.40. The van der Waals surface area contributed by atoms with Gasteiger partial charge in [0.15, 0.2) is 6.10 Å². The van der Waals surface area contributed by atoms with Crippen molar-refractivity contribution in [1.82, 2.24) is 9.97 Å². The first-order valence-electron chi connectivity index (χ1n) is 12.8. The Morgan fingerprint density at radius 3 is 2.34 bits per heavy atom. The van der Waals surface area contributed by atoms with Crippen LogP contribution in [0.25, 0.3) is 11.3 Å². The van der Waals surface area contributed by atoms with Gasteiger partial charge in [0.1, 0.15) is 5.75 Å². The number of pyridine rings is 2. The van der Waals surface area contributed by atoms with Crippen LogP contribution in [0.3, 0.4) is 0 Å². The van der Waals surface area contributed by atoms with Gasteiger partial charge in [0.2, 0.25) is 5.79 Å². The van der Waals surface area contributed by atoms with Gasteiger partial charge < -0.3 is 19.1 Å². The number of aryl methyl sites for hydroxylation is 1.